The Morgan fingerprint density at radius 3 is 2.53 bits per heavy atom. The number of nitrogens with two attached hydrogens (primary N) is 1. The van der Waals surface area contributed by atoms with E-state index in [4.69, 9.17) is 15.2 Å². The second kappa shape index (κ2) is 16.1. The summed E-state index contributed by atoms with van der Waals surface area (Å²) in [6.07, 6.45) is 7.00. The monoisotopic (exact) mass is 807 g/mol. The maximum atomic E-state index is 15.6. The zero-order chi connectivity index (χ0) is 40.8. The highest BCUT2D eigenvalue weighted by atomic mass is 19.1. The second-order valence-electron chi connectivity index (χ2n) is 16.7. The van der Waals surface area contributed by atoms with Crippen molar-refractivity contribution in [1.82, 2.24) is 35.1 Å². The summed E-state index contributed by atoms with van der Waals surface area (Å²) in [5.74, 6) is -0.649. The molecule has 3 atom stereocenters. The summed E-state index contributed by atoms with van der Waals surface area (Å²) in [6.45, 7) is 7.27. The molecule has 2 aromatic heterocycles. The number of carbonyl (C=O) groups excluding carboxylic acids is 4. The van der Waals surface area contributed by atoms with Gasteiger partial charge in [0.1, 0.15) is 17.3 Å². The molecule has 5 fully saturated rings. The van der Waals surface area contributed by atoms with E-state index in [0.717, 1.165) is 90.1 Å². The minimum atomic E-state index is -0.662. The molecule has 17 heteroatoms. The molecule has 9 rings (SSSR count). The van der Waals surface area contributed by atoms with E-state index in [0.29, 0.717) is 58.8 Å². The van der Waals surface area contributed by atoms with Gasteiger partial charge in [0.05, 0.1) is 23.8 Å². The molecule has 5 aliphatic heterocycles. The molecule has 5 aliphatic rings. The van der Waals surface area contributed by atoms with Crippen LogP contribution in [0.15, 0.2) is 47.1 Å². The molecule has 310 valence electrons. The molecule has 4 aromatic rings. The van der Waals surface area contributed by atoms with Gasteiger partial charge < -0.3 is 40.1 Å². The molecule has 0 radical (unpaired) electrons. The number of aromatic nitrogens is 3. The molecule has 5 saturated heterocycles. The zero-order valence-corrected chi connectivity index (χ0v) is 33.2. The average molecular weight is 808 g/mol. The smallest absolute Gasteiger partial charge is 0.320 e. The number of urea groups is 1. The first kappa shape index (κ1) is 38.7. The lowest BCUT2D eigenvalue weighted by Gasteiger charge is -2.37. The number of nitrogens with one attached hydrogen (secondary N) is 2. The van der Waals surface area contributed by atoms with E-state index in [1.807, 2.05) is 24.1 Å². The van der Waals surface area contributed by atoms with Crippen LogP contribution in [0.3, 0.4) is 0 Å². The number of primary amides is 1. The molecule has 7 heterocycles. The number of nitrogens with zero attached hydrogens (tertiary/aromatic N) is 8. The Balaban J connectivity index is 0.780. The van der Waals surface area contributed by atoms with Crippen LogP contribution < -0.4 is 26.2 Å². The quantitative estimate of drug-likeness (QED) is 0.195. The summed E-state index contributed by atoms with van der Waals surface area (Å²) in [5, 5.41) is 10.2. The predicted octanol–water partition coefficient (Wildman–Crippen LogP) is 4.16. The lowest BCUT2D eigenvalue weighted by molar-refractivity contribution is -0.134. The van der Waals surface area contributed by atoms with Crippen LogP contribution in [-0.2, 0) is 9.59 Å². The van der Waals surface area contributed by atoms with Crippen molar-refractivity contribution < 1.29 is 28.1 Å². The Bertz CT molecular complexity index is 2260. The molecule has 2 unspecified atom stereocenters. The van der Waals surface area contributed by atoms with Crippen molar-refractivity contribution in [2.75, 3.05) is 81.1 Å². The average Bonchev–Trinajstić information content (AvgIpc) is 3.96. The number of likely N-dealkylation sites (N-methyl/N-ethyl adjacent to an activating group) is 1. The van der Waals surface area contributed by atoms with Gasteiger partial charge in [0, 0.05) is 76.4 Å². The molecule has 59 heavy (non-hydrogen) atoms. The number of hydrogen-bond donors (Lipinski definition) is 3. The van der Waals surface area contributed by atoms with Gasteiger partial charge in [-0.15, -0.1) is 0 Å². The van der Waals surface area contributed by atoms with E-state index in [-0.39, 0.29) is 35.9 Å². The van der Waals surface area contributed by atoms with Gasteiger partial charge >= 0.3 is 6.03 Å². The Morgan fingerprint density at radius 2 is 1.78 bits per heavy atom. The molecular formula is C42H50FN11O5. The molecule has 16 nitrogen and oxygen atoms in total. The fourth-order valence-electron chi connectivity index (χ4n) is 9.63. The number of hydrogen-bond acceptors (Lipinski definition) is 12. The highest BCUT2D eigenvalue weighted by Gasteiger charge is 2.36. The number of rotatable bonds is 10. The normalized spacial score (nSPS) is 23.4. The van der Waals surface area contributed by atoms with Gasteiger partial charge in [0.2, 0.25) is 11.8 Å². The molecule has 0 spiro atoms. The third-order valence-corrected chi connectivity index (χ3v) is 12.9. The van der Waals surface area contributed by atoms with Crippen molar-refractivity contribution in [2.24, 2.45) is 11.7 Å². The Kier molecular flexibility index (Phi) is 10.5. The Morgan fingerprint density at radius 1 is 0.966 bits per heavy atom. The summed E-state index contributed by atoms with van der Waals surface area (Å²) >= 11 is 0. The number of benzene rings is 2. The fraction of sp³-hybridized carbons (Fsp3) is 0.500. The van der Waals surface area contributed by atoms with Gasteiger partial charge in [-0.05, 0) is 87.2 Å². The van der Waals surface area contributed by atoms with Gasteiger partial charge in [-0.3, -0.25) is 19.7 Å². The van der Waals surface area contributed by atoms with Crippen molar-refractivity contribution in [1.29, 1.82) is 0 Å². The summed E-state index contributed by atoms with van der Waals surface area (Å²) in [5.41, 5.74) is 9.11. The number of imide groups is 1. The lowest BCUT2D eigenvalue weighted by Crippen LogP contribution is -2.49. The van der Waals surface area contributed by atoms with Crippen LogP contribution in [0.4, 0.5) is 32.2 Å². The number of carbonyl (C=O) groups is 4. The van der Waals surface area contributed by atoms with Gasteiger partial charge in [-0.1, -0.05) is 17.3 Å². The van der Waals surface area contributed by atoms with Gasteiger partial charge in [0.25, 0.3) is 5.91 Å². The second-order valence-corrected chi connectivity index (χ2v) is 16.7. The van der Waals surface area contributed by atoms with E-state index >= 15 is 4.39 Å². The highest BCUT2D eigenvalue weighted by Crippen LogP contribution is 2.37. The van der Waals surface area contributed by atoms with Crippen LogP contribution in [0.25, 0.3) is 11.0 Å². The van der Waals surface area contributed by atoms with E-state index in [9.17, 15) is 19.2 Å². The summed E-state index contributed by atoms with van der Waals surface area (Å²) in [4.78, 5) is 68.7. The number of anilines is 4. The van der Waals surface area contributed by atoms with Crippen molar-refractivity contribution in [3.05, 3.63) is 65.4 Å². The van der Waals surface area contributed by atoms with Crippen molar-refractivity contribution in [3.63, 3.8) is 0 Å². The molecule has 2 aromatic carbocycles. The lowest BCUT2D eigenvalue weighted by atomic mass is 9.89. The summed E-state index contributed by atoms with van der Waals surface area (Å²) < 4.78 is 21.1. The van der Waals surface area contributed by atoms with E-state index < -0.39 is 17.7 Å². The Labute approximate surface area is 341 Å². The number of likely N-dealkylation sites (tertiary alicyclic amines) is 1. The highest BCUT2D eigenvalue weighted by molar-refractivity contribution is 6.02. The van der Waals surface area contributed by atoms with Gasteiger partial charge in [-0.25, -0.2) is 19.2 Å². The third kappa shape index (κ3) is 7.87. The Hall–Kier alpha value is -5.84. The van der Waals surface area contributed by atoms with E-state index in [1.54, 1.807) is 17.2 Å². The van der Waals surface area contributed by atoms with Crippen LogP contribution in [0.2, 0.25) is 0 Å². The number of fused-ring (bicyclic) bond motifs is 1. The number of halogens is 1. The standard InChI is InChI=1S/C42H50FN11O5/c1-50-17-18-54(42(50)58)29-3-2-13-53(24-29)35-21-45-38(39(44)56)40(47-35)46-28-6-4-26(5-7-28)27-11-14-51(15-12-27)22-25-10-16-52(23-25)33-20-34-31(19-32(33)43)37(49-59-34)30-8-9-36(55)48-41(30)57/h4-7,19-21,25,27,29-30H,2-3,8-18,22-24H2,1H3,(H2,44,56)(H,46,47)(H,48,55,57)/t25?,29-,30?/m1/s1. The number of amides is 5. The maximum Gasteiger partial charge on any atom is 0.320 e. The van der Waals surface area contributed by atoms with Crippen LogP contribution >= 0.6 is 0 Å². The van der Waals surface area contributed by atoms with Crippen LogP contribution in [0, 0.1) is 11.7 Å². The predicted molar refractivity (Wildman–Crippen MR) is 218 cm³/mol. The topological polar surface area (TPSA) is 186 Å². The minimum absolute atomic E-state index is 0.0600. The molecule has 0 aliphatic carbocycles. The molecule has 0 bridgehead atoms. The van der Waals surface area contributed by atoms with E-state index in [2.05, 4.69) is 47.6 Å². The molecular weight excluding hydrogens is 758 g/mol. The van der Waals surface area contributed by atoms with Crippen LogP contribution in [0.1, 0.15) is 78.5 Å². The summed E-state index contributed by atoms with van der Waals surface area (Å²) in [6, 6.07) is 11.5. The first-order valence-corrected chi connectivity index (χ1v) is 20.8. The SMILES string of the molecule is CN1CCN([C@@H]2CCCN(c3cnc(C(N)=O)c(Nc4ccc(C5CCN(CC6CCN(c7cc8onc(C9CCC(=O)NC9=O)c8cc7F)C6)CC5)cc4)n3)C2)C1=O. The van der Waals surface area contributed by atoms with Crippen LogP contribution in [-0.4, -0.2) is 126 Å². The van der Waals surface area contributed by atoms with Crippen LogP contribution in [0.5, 0.6) is 0 Å². The molecule has 0 saturated carbocycles. The van der Waals surface area contributed by atoms with Crippen molar-refractivity contribution >= 4 is 57.7 Å². The fourth-order valence-corrected chi connectivity index (χ4v) is 9.63. The first-order valence-electron chi connectivity index (χ1n) is 20.8. The van der Waals surface area contributed by atoms with Crippen molar-refractivity contribution in [3.8, 4) is 0 Å². The van der Waals surface area contributed by atoms with Crippen molar-refractivity contribution in [2.45, 2.75) is 62.8 Å². The first-order chi connectivity index (χ1) is 28.6. The summed E-state index contributed by atoms with van der Waals surface area (Å²) in [7, 11) is 1.83. The van der Waals surface area contributed by atoms with E-state index in [1.165, 1.54) is 11.6 Å². The largest absolute Gasteiger partial charge is 0.369 e. The maximum absolute atomic E-state index is 15.6. The van der Waals surface area contributed by atoms with Gasteiger partial charge in [0.15, 0.2) is 17.1 Å². The molecule has 4 N–H and O–H groups in total. The third-order valence-electron chi connectivity index (χ3n) is 12.9. The zero-order valence-electron chi connectivity index (χ0n) is 33.2. The van der Waals surface area contributed by atoms with Gasteiger partial charge in [-0.2, -0.15) is 0 Å². The minimum Gasteiger partial charge on any atom is -0.369 e. The molecule has 5 amide bonds. The number of piperidine rings is 3.